The standard InChI is InChI=1S/C15H32N2/c1-7-14(5,8-2)12-11-13(17-16-12)15(6,9-3)10-4/h12-13,16-17H,7-11H2,1-6H3. The van der Waals surface area contributed by atoms with Crippen molar-refractivity contribution >= 4 is 0 Å². The summed E-state index contributed by atoms with van der Waals surface area (Å²) < 4.78 is 0. The van der Waals surface area contributed by atoms with Crippen LogP contribution in [0.15, 0.2) is 0 Å². The van der Waals surface area contributed by atoms with Crippen molar-refractivity contribution in [1.29, 1.82) is 0 Å². The van der Waals surface area contributed by atoms with Gasteiger partial charge in [0, 0.05) is 12.1 Å². The van der Waals surface area contributed by atoms with E-state index in [1.54, 1.807) is 0 Å². The number of hydrogen-bond acceptors (Lipinski definition) is 2. The molecular formula is C15H32N2. The molecule has 0 aliphatic carbocycles. The Labute approximate surface area is 108 Å². The van der Waals surface area contributed by atoms with Crippen LogP contribution < -0.4 is 10.9 Å². The molecule has 2 heteroatoms. The van der Waals surface area contributed by atoms with E-state index in [-0.39, 0.29) is 0 Å². The Bertz CT molecular complexity index is 205. The minimum Gasteiger partial charge on any atom is -0.254 e. The van der Waals surface area contributed by atoms with Gasteiger partial charge in [0.25, 0.3) is 0 Å². The highest BCUT2D eigenvalue weighted by Crippen LogP contribution is 2.39. The molecule has 1 rings (SSSR count). The van der Waals surface area contributed by atoms with Crippen LogP contribution in [0.4, 0.5) is 0 Å². The smallest absolute Gasteiger partial charge is 0.0282 e. The number of nitrogens with one attached hydrogen (secondary N) is 2. The molecule has 2 unspecified atom stereocenters. The summed E-state index contributed by atoms with van der Waals surface area (Å²) in [5, 5.41) is 0. The monoisotopic (exact) mass is 240 g/mol. The van der Waals surface area contributed by atoms with Crippen molar-refractivity contribution < 1.29 is 0 Å². The van der Waals surface area contributed by atoms with E-state index in [9.17, 15) is 0 Å². The lowest BCUT2D eigenvalue weighted by Crippen LogP contribution is -2.44. The summed E-state index contributed by atoms with van der Waals surface area (Å²) in [6.07, 6.45) is 6.29. The minimum absolute atomic E-state index is 0.435. The van der Waals surface area contributed by atoms with Crippen LogP contribution in [0.1, 0.15) is 73.6 Å². The number of hydrogen-bond donors (Lipinski definition) is 2. The lowest BCUT2D eigenvalue weighted by Gasteiger charge is -2.35. The van der Waals surface area contributed by atoms with Gasteiger partial charge in [-0.1, -0.05) is 41.5 Å². The SMILES string of the molecule is CCC(C)(CC)C1CC(C(C)(CC)CC)NN1. The maximum atomic E-state index is 3.57. The summed E-state index contributed by atoms with van der Waals surface area (Å²) in [7, 11) is 0. The molecule has 0 saturated carbocycles. The van der Waals surface area contributed by atoms with Crippen molar-refractivity contribution in [3.05, 3.63) is 0 Å². The Morgan fingerprint density at radius 3 is 1.29 bits per heavy atom. The zero-order chi connectivity index (χ0) is 13.1. The third-order valence-corrected chi connectivity index (χ3v) is 5.82. The molecule has 0 spiro atoms. The molecule has 0 aromatic carbocycles. The van der Waals surface area contributed by atoms with E-state index in [0.717, 1.165) is 0 Å². The van der Waals surface area contributed by atoms with Gasteiger partial charge in [-0.3, -0.25) is 10.9 Å². The fourth-order valence-electron chi connectivity index (χ4n) is 2.96. The maximum Gasteiger partial charge on any atom is 0.0282 e. The van der Waals surface area contributed by atoms with E-state index in [1.165, 1.54) is 32.1 Å². The van der Waals surface area contributed by atoms with Crippen LogP contribution in [0.5, 0.6) is 0 Å². The van der Waals surface area contributed by atoms with E-state index in [0.29, 0.717) is 22.9 Å². The Kier molecular flexibility index (Phi) is 5.03. The Morgan fingerprint density at radius 1 is 0.765 bits per heavy atom. The molecule has 0 bridgehead atoms. The van der Waals surface area contributed by atoms with Gasteiger partial charge in [0.05, 0.1) is 0 Å². The highest BCUT2D eigenvalue weighted by Gasteiger charge is 2.42. The first kappa shape index (κ1) is 15.0. The summed E-state index contributed by atoms with van der Waals surface area (Å²) >= 11 is 0. The molecule has 2 atom stereocenters. The van der Waals surface area contributed by atoms with Crippen molar-refractivity contribution in [1.82, 2.24) is 10.9 Å². The molecule has 17 heavy (non-hydrogen) atoms. The highest BCUT2D eigenvalue weighted by molar-refractivity contribution is 4.98. The lowest BCUT2D eigenvalue weighted by molar-refractivity contribution is 0.192. The van der Waals surface area contributed by atoms with Crippen LogP contribution in [0.25, 0.3) is 0 Å². The van der Waals surface area contributed by atoms with Gasteiger partial charge < -0.3 is 0 Å². The van der Waals surface area contributed by atoms with Gasteiger partial charge >= 0.3 is 0 Å². The van der Waals surface area contributed by atoms with Crippen LogP contribution in [0, 0.1) is 10.8 Å². The van der Waals surface area contributed by atoms with E-state index in [4.69, 9.17) is 0 Å². The molecule has 1 saturated heterocycles. The third-order valence-electron chi connectivity index (χ3n) is 5.82. The molecule has 1 aliphatic rings. The molecule has 1 aliphatic heterocycles. The van der Waals surface area contributed by atoms with E-state index in [1.807, 2.05) is 0 Å². The van der Waals surface area contributed by atoms with Gasteiger partial charge in [-0.05, 0) is 42.9 Å². The first-order valence-corrected chi connectivity index (χ1v) is 7.46. The summed E-state index contributed by atoms with van der Waals surface area (Å²) in [6, 6.07) is 1.25. The fourth-order valence-corrected chi connectivity index (χ4v) is 2.96. The normalized spacial score (nSPS) is 26.5. The maximum absolute atomic E-state index is 3.57. The van der Waals surface area contributed by atoms with Gasteiger partial charge in [0.15, 0.2) is 0 Å². The zero-order valence-corrected chi connectivity index (χ0v) is 12.7. The molecule has 2 nitrogen and oxygen atoms in total. The number of rotatable bonds is 6. The van der Waals surface area contributed by atoms with E-state index < -0.39 is 0 Å². The van der Waals surface area contributed by atoms with Gasteiger partial charge in [-0.25, -0.2) is 0 Å². The molecule has 0 aromatic heterocycles. The summed E-state index contributed by atoms with van der Waals surface area (Å²) in [4.78, 5) is 0. The average Bonchev–Trinajstić information content (AvgIpc) is 2.87. The van der Waals surface area contributed by atoms with Crippen LogP contribution >= 0.6 is 0 Å². The zero-order valence-electron chi connectivity index (χ0n) is 12.7. The van der Waals surface area contributed by atoms with Crippen LogP contribution in [-0.2, 0) is 0 Å². The van der Waals surface area contributed by atoms with Crippen molar-refractivity contribution in [2.45, 2.75) is 85.7 Å². The predicted octanol–water partition coefficient (Wildman–Crippen LogP) is 3.87. The second kappa shape index (κ2) is 5.71. The second-order valence-electron chi connectivity index (χ2n) is 6.35. The van der Waals surface area contributed by atoms with Crippen molar-refractivity contribution in [2.75, 3.05) is 0 Å². The third kappa shape index (κ3) is 2.85. The first-order chi connectivity index (χ1) is 7.95. The number of hydrazine groups is 1. The quantitative estimate of drug-likeness (QED) is 0.736. The van der Waals surface area contributed by atoms with Gasteiger partial charge in [0.2, 0.25) is 0 Å². The Hall–Kier alpha value is -0.0800. The minimum atomic E-state index is 0.435. The molecule has 0 amide bonds. The Balaban J connectivity index is 2.70. The first-order valence-electron chi connectivity index (χ1n) is 7.46. The summed E-state index contributed by atoms with van der Waals surface area (Å²) in [5.41, 5.74) is 8.02. The van der Waals surface area contributed by atoms with Crippen molar-refractivity contribution in [3.8, 4) is 0 Å². The Morgan fingerprint density at radius 2 is 1.06 bits per heavy atom. The van der Waals surface area contributed by atoms with Crippen molar-refractivity contribution in [2.24, 2.45) is 10.8 Å². The second-order valence-corrected chi connectivity index (χ2v) is 6.35. The predicted molar refractivity (Wildman–Crippen MR) is 75.8 cm³/mol. The highest BCUT2D eigenvalue weighted by atomic mass is 15.4. The van der Waals surface area contributed by atoms with Crippen LogP contribution in [-0.4, -0.2) is 12.1 Å². The van der Waals surface area contributed by atoms with Crippen LogP contribution in [0.3, 0.4) is 0 Å². The van der Waals surface area contributed by atoms with E-state index in [2.05, 4.69) is 52.4 Å². The van der Waals surface area contributed by atoms with Crippen LogP contribution in [0.2, 0.25) is 0 Å². The topological polar surface area (TPSA) is 24.1 Å². The molecule has 1 heterocycles. The molecule has 2 N–H and O–H groups in total. The fraction of sp³-hybridized carbons (Fsp3) is 1.00. The molecule has 0 radical (unpaired) electrons. The van der Waals surface area contributed by atoms with Crippen molar-refractivity contribution in [3.63, 3.8) is 0 Å². The summed E-state index contributed by atoms with van der Waals surface area (Å²) in [6.45, 7) is 14.1. The lowest BCUT2D eigenvalue weighted by atomic mass is 9.71. The largest absolute Gasteiger partial charge is 0.254 e. The van der Waals surface area contributed by atoms with Gasteiger partial charge in [-0.15, -0.1) is 0 Å². The molecule has 1 fully saturated rings. The molecule has 102 valence electrons. The van der Waals surface area contributed by atoms with E-state index >= 15 is 0 Å². The summed E-state index contributed by atoms with van der Waals surface area (Å²) in [5.74, 6) is 0. The molecular weight excluding hydrogens is 208 g/mol. The average molecular weight is 240 g/mol. The van der Waals surface area contributed by atoms with Gasteiger partial charge in [0.1, 0.15) is 0 Å². The van der Waals surface area contributed by atoms with Gasteiger partial charge in [-0.2, -0.15) is 0 Å². The molecule has 0 aromatic rings.